The van der Waals surface area contributed by atoms with Crippen molar-refractivity contribution in [3.63, 3.8) is 0 Å². The Labute approximate surface area is 225 Å². The molecule has 3 aromatic carbocycles. The minimum atomic E-state index is -0.576. The molecule has 0 spiro atoms. The molecule has 3 aliphatic rings. The Bertz CT molecular complexity index is 1220. The van der Waals surface area contributed by atoms with E-state index in [2.05, 4.69) is 24.5 Å². The largest absolute Gasteiger partial charge is 0.352 e. The van der Waals surface area contributed by atoms with E-state index in [0.29, 0.717) is 24.2 Å². The summed E-state index contributed by atoms with van der Waals surface area (Å²) >= 11 is 0. The number of fused-ring (bicyclic) bond motifs is 2. The second-order valence-electron chi connectivity index (χ2n) is 10.3. The monoisotopic (exact) mass is 514 g/mol. The summed E-state index contributed by atoms with van der Waals surface area (Å²) in [6, 6.07) is 15.7. The van der Waals surface area contributed by atoms with E-state index in [0.717, 1.165) is 84.4 Å². The molecule has 3 aromatic rings. The predicted octanol–water partition coefficient (Wildman–Crippen LogP) is 6.91. The van der Waals surface area contributed by atoms with Crippen LogP contribution in [0.4, 0.5) is 0 Å². The SMILES string of the molecule is CCCCCCNC(=O)c1c2c(c(C(=O)NCCCCCC)c3ccccc13)C1OOC2c2ccccc21. The molecule has 2 aliphatic heterocycles. The van der Waals surface area contributed by atoms with Crippen molar-refractivity contribution in [2.24, 2.45) is 0 Å². The van der Waals surface area contributed by atoms with Gasteiger partial charge in [-0.25, -0.2) is 9.78 Å². The summed E-state index contributed by atoms with van der Waals surface area (Å²) in [5, 5.41) is 7.83. The van der Waals surface area contributed by atoms with Gasteiger partial charge in [0.25, 0.3) is 11.8 Å². The number of amides is 2. The van der Waals surface area contributed by atoms with E-state index >= 15 is 0 Å². The molecule has 2 bridgehead atoms. The van der Waals surface area contributed by atoms with Gasteiger partial charge in [0.1, 0.15) is 12.2 Å². The van der Waals surface area contributed by atoms with Gasteiger partial charge in [0, 0.05) is 24.2 Å². The molecule has 0 aromatic heterocycles. The zero-order chi connectivity index (χ0) is 26.5. The maximum absolute atomic E-state index is 13.8. The number of rotatable bonds is 12. The smallest absolute Gasteiger partial charge is 0.252 e. The standard InChI is InChI=1S/C32H38N2O4/c1-3-5-7-13-19-33-31(35)25-21-15-9-10-16-22(21)26(32(36)34-20-14-8-6-4-2)28-27(25)29-23-17-11-12-18-24(23)30(28)38-37-29/h9-12,15-18,29-30H,3-8,13-14,19-20H2,1-2H3,(H,33,35)(H,34,36). The van der Waals surface area contributed by atoms with Crippen LogP contribution in [0.2, 0.25) is 0 Å². The number of carbonyl (C=O) groups is 2. The van der Waals surface area contributed by atoms with Crippen molar-refractivity contribution in [2.75, 3.05) is 13.1 Å². The molecule has 38 heavy (non-hydrogen) atoms. The molecule has 6 nitrogen and oxygen atoms in total. The van der Waals surface area contributed by atoms with Crippen LogP contribution in [-0.4, -0.2) is 24.9 Å². The zero-order valence-electron chi connectivity index (χ0n) is 22.5. The Morgan fingerprint density at radius 3 is 1.47 bits per heavy atom. The average Bonchev–Trinajstić information content (AvgIpc) is 2.95. The molecule has 2 heterocycles. The van der Waals surface area contributed by atoms with Gasteiger partial charge in [0.05, 0.1) is 11.1 Å². The first-order chi connectivity index (χ1) is 18.7. The first kappa shape index (κ1) is 26.4. The molecule has 2 amide bonds. The second kappa shape index (κ2) is 12.1. The first-order valence-electron chi connectivity index (χ1n) is 14.2. The van der Waals surface area contributed by atoms with E-state index in [1.54, 1.807) is 0 Å². The van der Waals surface area contributed by atoms with Crippen molar-refractivity contribution < 1.29 is 19.4 Å². The Hall–Kier alpha value is -3.22. The molecule has 1 aliphatic carbocycles. The van der Waals surface area contributed by atoms with Crippen molar-refractivity contribution in [3.05, 3.63) is 81.9 Å². The second-order valence-corrected chi connectivity index (χ2v) is 10.3. The lowest BCUT2D eigenvalue weighted by Crippen LogP contribution is -2.36. The van der Waals surface area contributed by atoms with Crippen LogP contribution in [-0.2, 0) is 9.78 Å². The van der Waals surface area contributed by atoms with Crippen molar-refractivity contribution in [3.8, 4) is 0 Å². The normalized spacial score (nSPS) is 17.2. The Morgan fingerprint density at radius 2 is 1.05 bits per heavy atom. The van der Waals surface area contributed by atoms with Gasteiger partial charge in [0.15, 0.2) is 0 Å². The minimum Gasteiger partial charge on any atom is -0.352 e. The molecule has 0 saturated carbocycles. The summed E-state index contributed by atoms with van der Waals surface area (Å²) in [7, 11) is 0. The van der Waals surface area contributed by atoms with Crippen molar-refractivity contribution in [2.45, 2.75) is 77.4 Å². The van der Waals surface area contributed by atoms with E-state index < -0.39 is 12.2 Å². The number of hydrogen-bond donors (Lipinski definition) is 2. The summed E-state index contributed by atoms with van der Waals surface area (Å²) in [4.78, 5) is 39.3. The molecular weight excluding hydrogens is 476 g/mol. The van der Waals surface area contributed by atoms with E-state index in [1.165, 1.54) is 0 Å². The third-order valence-electron chi connectivity index (χ3n) is 7.71. The summed E-state index contributed by atoms with van der Waals surface area (Å²) in [6.07, 6.45) is 7.50. The maximum Gasteiger partial charge on any atom is 0.252 e. The quantitative estimate of drug-likeness (QED) is 0.203. The number of hydrogen-bond acceptors (Lipinski definition) is 4. The van der Waals surface area contributed by atoms with Crippen LogP contribution < -0.4 is 10.6 Å². The molecule has 200 valence electrons. The number of benzene rings is 3. The van der Waals surface area contributed by atoms with Crippen LogP contribution in [0, 0.1) is 0 Å². The van der Waals surface area contributed by atoms with Crippen LogP contribution >= 0.6 is 0 Å². The summed E-state index contributed by atoms with van der Waals surface area (Å²) < 4.78 is 0. The first-order valence-corrected chi connectivity index (χ1v) is 14.2. The highest BCUT2D eigenvalue weighted by Gasteiger charge is 2.45. The van der Waals surface area contributed by atoms with Gasteiger partial charge in [-0.15, -0.1) is 0 Å². The van der Waals surface area contributed by atoms with Crippen molar-refractivity contribution >= 4 is 22.6 Å². The fourth-order valence-electron chi connectivity index (χ4n) is 5.81. The van der Waals surface area contributed by atoms with Gasteiger partial charge in [-0.1, -0.05) is 101 Å². The summed E-state index contributed by atoms with van der Waals surface area (Å²) in [6.45, 7) is 5.58. The van der Waals surface area contributed by atoms with Gasteiger partial charge < -0.3 is 10.6 Å². The summed E-state index contributed by atoms with van der Waals surface area (Å²) in [5.41, 5.74) is 4.63. The number of carbonyl (C=O) groups excluding carboxylic acids is 2. The maximum atomic E-state index is 13.8. The molecule has 6 rings (SSSR count). The van der Waals surface area contributed by atoms with E-state index in [9.17, 15) is 9.59 Å². The molecule has 2 unspecified atom stereocenters. The van der Waals surface area contributed by atoms with E-state index in [4.69, 9.17) is 9.78 Å². The van der Waals surface area contributed by atoms with Gasteiger partial charge >= 0.3 is 0 Å². The lowest BCUT2D eigenvalue weighted by molar-refractivity contribution is -0.360. The summed E-state index contributed by atoms with van der Waals surface area (Å²) in [5.74, 6) is -0.261. The minimum absolute atomic E-state index is 0.130. The van der Waals surface area contributed by atoms with Gasteiger partial charge in [-0.3, -0.25) is 9.59 Å². The van der Waals surface area contributed by atoms with E-state index in [1.807, 2.05) is 48.5 Å². The Balaban J connectivity index is 1.61. The molecule has 2 N–H and O–H groups in total. The molecule has 0 radical (unpaired) electrons. The number of nitrogens with one attached hydrogen (secondary N) is 2. The molecule has 0 fully saturated rings. The van der Waals surface area contributed by atoms with Crippen LogP contribution in [0.15, 0.2) is 48.5 Å². The lowest BCUT2D eigenvalue weighted by atomic mass is 9.74. The van der Waals surface area contributed by atoms with Crippen LogP contribution in [0.5, 0.6) is 0 Å². The molecule has 0 saturated heterocycles. The number of unbranched alkanes of at least 4 members (excludes halogenated alkanes) is 6. The Kier molecular flexibility index (Phi) is 8.40. The fourth-order valence-corrected chi connectivity index (χ4v) is 5.81. The van der Waals surface area contributed by atoms with Crippen LogP contribution in [0.25, 0.3) is 10.8 Å². The highest BCUT2D eigenvalue weighted by molar-refractivity contribution is 6.17. The van der Waals surface area contributed by atoms with Crippen LogP contribution in [0.3, 0.4) is 0 Å². The predicted molar refractivity (Wildman–Crippen MR) is 149 cm³/mol. The van der Waals surface area contributed by atoms with Gasteiger partial charge in [-0.2, -0.15) is 0 Å². The third kappa shape index (κ3) is 4.95. The highest BCUT2D eigenvalue weighted by Crippen LogP contribution is 2.53. The van der Waals surface area contributed by atoms with E-state index in [-0.39, 0.29) is 11.8 Å². The topological polar surface area (TPSA) is 76.7 Å². The van der Waals surface area contributed by atoms with Gasteiger partial charge in [0.2, 0.25) is 0 Å². The average molecular weight is 515 g/mol. The van der Waals surface area contributed by atoms with Crippen molar-refractivity contribution in [1.29, 1.82) is 0 Å². The fraction of sp³-hybridized carbons (Fsp3) is 0.438. The third-order valence-corrected chi connectivity index (χ3v) is 7.71. The Morgan fingerprint density at radius 1 is 0.632 bits per heavy atom. The zero-order valence-corrected chi connectivity index (χ0v) is 22.5. The van der Waals surface area contributed by atoms with Gasteiger partial charge in [-0.05, 0) is 34.7 Å². The van der Waals surface area contributed by atoms with Crippen molar-refractivity contribution in [1.82, 2.24) is 10.6 Å². The molecule has 2 atom stereocenters. The van der Waals surface area contributed by atoms with Crippen LogP contribution in [0.1, 0.15) is 120 Å². The molecular formula is C32H38N2O4. The molecule has 6 heteroatoms. The lowest BCUT2D eigenvalue weighted by Gasteiger charge is -2.41. The highest BCUT2D eigenvalue weighted by atomic mass is 17.2.